The van der Waals surface area contributed by atoms with Crippen LogP contribution in [0, 0.1) is 23.0 Å². The van der Waals surface area contributed by atoms with E-state index in [2.05, 4.69) is 26.3 Å². The van der Waals surface area contributed by atoms with E-state index in [9.17, 15) is 27.6 Å². The Kier molecular flexibility index (Phi) is 8.19. The lowest BCUT2D eigenvalue weighted by Gasteiger charge is -2.39. The number of hydrogen-bond donors (Lipinski definition) is 0. The molecule has 1 unspecified atom stereocenters. The molecular formula is C32H28F5N7O2S. The third kappa shape index (κ3) is 5.79. The molecule has 0 spiro atoms. The summed E-state index contributed by atoms with van der Waals surface area (Å²) in [6, 6.07) is 6.70. The van der Waals surface area contributed by atoms with Gasteiger partial charge in [0, 0.05) is 34.6 Å². The maximum absolute atomic E-state index is 16.7. The van der Waals surface area contributed by atoms with E-state index < -0.39 is 52.7 Å². The number of carbonyl (C=O) groups excluding carboxylic acids is 1. The third-order valence-corrected chi connectivity index (χ3v) is 8.75. The largest absolute Gasteiger partial charge is 0.444 e. The summed E-state index contributed by atoms with van der Waals surface area (Å²) in [6.07, 6.45) is -2.11. The SMILES string of the molecule is CSc1nc2c(F)c(-c3ccc(F)c4cccnc34)c(C(F)(F)F)cc2c2c1nnn2[C@H]1CCN(C(=O)OC(C)(C)C)C(CC#N)C1. The molecule has 4 heterocycles. The number of carbonyl (C=O) groups is 1. The van der Waals surface area contributed by atoms with Crippen LogP contribution in [0.25, 0.3) is 44.0 Å². The van der Waals surface area contributed by atoms with Crippen LogP contribution in [-0.2, 0) is 10.9 Å². The van der Waals surface area contributed by atoms with Gasteiger partial charge in [-0.1, -0.05) is 5.21 Å². The van der Waals surface area contributed by atoms with Crippen LogP contribution in [-0.4, -0.2) is 60.4 Å². The van der Waals surface area contributed by atoms with Gasteiger partial charge in [-0.25, -0.2) is 23.2 Å². The van der Waals surface area contributed by atoms with E-state index in [1.54, 1.807) is 27.0 Å². The van der Waals surface area contributed by atoms with Gasteiger partial charge in [-0.15, -0.1) is 16.9 Å². The minimum atomic E-state index is -5.03. The van der Waals surface area contributed by atoms with E-state index >= 15 is 4.39 Å². The highest BCUT2D eigenvalue weighted by molar-refractivity contribution is 7.98. The van der Waals surface area contributed by atoms with Crippen molar-refractivity contribution in [3.05, 3.63) is 53.7 Å². The predicted octanol–water partition coefficient (Wildman–Crippen LogP) is 8.07. The summed E-state index contributed by atoms with van der Waals surface area (Å²) < 4.78 is 82.7. The van der Waals surface area contributed by atoms with Gasteiger partial charge in [-0.2, -0.15) is 18.4 Å². The highest BCUT2D eigenvalue weighted by atomic mass is 32.2. The summed E-state index contributed by atoms with van der Waals surface area (Å²) in [5, 5.41) is 18.1. The van der Waals surface area contributed by atoms with Crippen LogP contribution in [0.2, 0.25) is 0 Å². The van der Waals surface area contributed by atoms with Crippen molar-refractivity contribution in [1.82, 2.24) is 29.9 Å². The number of fused-ring (bicyclic) bond motifs is 4. The van der Waals surface area contributed by atoms with Gasteiger partial charge in [0.1, 0.15) is 33.0 Å². The number of thioether (sulfide) groups is 1. The molecule has 0 radical (unpaired) electrons. The first-order valence-electron chi connectivity index (χ1n) is 14.7. The van der Waals surface area contributed by atoms with Crippen LogP contribution in [0.5, 0.6) is 0 Å². The number of nitriles is 1. The number of halogens is 5. The fraction of sp³-hybridized carbons (Fsp3) is 0.375. The summed E-state index contributed by atoms with van der Waals surface area (Å²) in [7, 11) is 0. The van der Waals surface area contributed by atoms with E-state index in [4.69, 9.17) is 4.74 Å². The quantitative estimate of drug-likeness (QED) is 0.140. The molecule has 244 valence electrons. The number of ether oxygens (including phenoxy) is 1. The second kappa shape index (κ2) is 11.9. The molecular weight excluding hydrogens is 641 g/mol. The second-order valence-electron chi connectivity index (χ2n) is 12.2. The zero-order chi connectivity index (χ0) is 33.8. The Bertz CT molecular complexity index is 2090. The van der Waals surface area contributed by atoms with E-state index in [1.165, 1.54) is 27.9 Å². The van der Waals surface area contributed by atoms with Crippen molar-refractivity contribution in [2.75, 3.05) is 12.8 Å². The van der Waals surface area contributed by atoms with Gasteiger partial charge in [0.25, 0.3) is 0 Å². The smallest absolute Gasteiger partial charge is 0.417 e. The fourth-order valence-electron chi connectivity index (χ4n) is 6.11. The van der Waals surface area contributed by atoms with Gasteiger partial charge in [-0.05, 0) is 70.2 Å². The Hall–Kier alpha value is -4.58. The number of likely N-dealkylation sites (tertiary alicyclic amines) is 1. The number of alkyl halides is 3. The first kappa shape index (κ1) is 32.4. The average molecular weight is 670 g/mol. The van der Waals surface area contributed by atoms with E-state index in [0.717, 1.165) is 30.0 Å². The Morgan fingerprint density at radius 3 is 2.57 bits per heavy atom. The van der Waals surface area contributed by atoms with Gasteiger partial charge in [0.15, 0.2) is 5.82 Å². The number of hydrogen-bond acceptors (Lipinski definition) is 8. The van der Waals surface area contributed by atoms with Crippen LogP contribution < -0.4 is 0 Å². The first-order valence-corrected chi connectivity index (χ1v) is 15.9. The summed E-state index contributed by atoms with van der Waals surface area (Å²) in [4.78, 5) is 22.9. The Morgan fingerprint density at radius 2 is 1.89 bits per heavy atom. The lowest BCUT2D eigenvalue weighted by atomic mass is 9.93. The predicted molar refractivity (Wildman–Crippen MR) is 165 cm³/mol. The maximum atomic E-state index is 16.7. The molecule has 1 saturated heterocycles. The van der Waals surface area contributed by atoms with Gasteiger partial charge < -0.3 is 9.64 Å². The van der Waals surface area contributed by atoms with Crippen LogP contribution in [0.3, 0.4) is 0 Å². The third-order valence-electron chi connectivity index (χ3n) is 8.08. The van der Waals surface area contributed by atoms with Crippen LogP contribution in [0.4, 0.5) is 26.7 Å². The molecule has 6 rings (SSSR count). The zero-order valence-corrected chi connectivity index (χ0v) is 26.5. The second-order valence-corrected chi connectivity index (χ2v) is 13.0. The molecule has 0 N–H and O–H groups in total. The number of nitrogens with zero attached hydrogens (tertiary/aromatic N) is 7. The van der Waals surface area contributed by atoms with Gasteiger partial charge >= 0.3 is 12.3 Å². The number of benzene rings is 2. The highest BCUT2D eigenvalue weighted by Crippen LogP contribution is 2.45. The molecule has 0 saturated carbocycles. The number of rotatable bonds is 4. The number of aromatic nitrogens is 5. The lowest BCUT2D eigenvalue weighted by Crippen LogP contribution is -2.48. The van der Waals surface area contributed by atoms with Gasteiger partial charge in [0.2, 0.25) is 0 Å². The van der Waals surface area contributed by atoms with Crippen molar-refractivity contribution in [2.45, 2.75) is 68.9 Å². The van der Waals surface area contributed by atoms with Gasteiger partial charge in [-0.3, -0.25) is 4.98 Å². The van der Waals surface area contributed by atoms with Crippen LogP contribution in [0.15, 0.2) is 41.6 Å². The van der Waals surface area contributed by atoms with Gasteiger partial charge in [0.05, 0.1) is 35.7 Å². The van der Waals surface area contributed by atoms with Crippen molar-refractivity contribution < 1.29 is 31.5 Å². The molecule has 9 nitrogen and oxygen atoms in total. The minimum absolute atomic E-state index is 0.0173. The lowest BCUT2D eigenvalue weighted by molar-refractivity contribution is -0.137. The highest BCUT2D eigenvalue weighted by Gasteiger charge is 2.39. The maximum Gasteiger partial charge on any atom is 0.417 e. The molecule has 0 aliphatic carbocycles. The molecule has 1 amide bonds. The monoisotopic (exact) mass is 669 g/mol. The minimum Gasteiger partial charge on any atom is -0.444 e. The standard InChI is InChI=1S/C32H28F5N7O2S/c1-31(2,3)46-30(45)43-13-10-17(14-16(43)9-11-38)44-28-20-15-21(32(35,36)37)23(19-7-8-22(33)18-6-5-12-39-25(18)19)24(34)26(20)40-29(47-4)27(28)41-42-44/h5-8,12,15-17H,9-10,13-14H2,1-4H3/t16?,17-/m0/s1. The number of amides is 1. The van der Waals surface area contributed by atoms with E-state index in [1.807, 2.05) is 0 Å². The van der Waals surface area contributed by atoms with Crippen LogP contribution in [0.1, 0.15) is 51.6 Å². The Balaban J connectivity index is 1.56. The van der Waals surface area contributed by atoms with Crippen molar-refractivity contribution in [2.24, 2.45) is 0 Å². The van der Waals surface area contributed by atoms with Crippen molar-refractivity contribution in [1.29, 1.82) is 5.26 Å². The Labute approximate surface area is 269 Å². The Morgan fingerprint density at radius 1 is 1.13 bits per heavy atom. The normalized spacial score (nSPS) is 17.4. The molecule has 2 aromatic carbocycles. The molecule has 5 aromatic rings. The van der Waals surface area contributed by atoms with Crippen LogP contribution >= 0.6 is 11.8 Å². The topological polar surface area (TPSA) is 110 Å². The zero-order valence-electron chi connectivity index (χ0n) is 25.7. The molecule has 2 atom stereocenters. The molecule has 0 bridgehead atoms. The molecule has 15 heteroatoms. The van der Waals surface area contributed by atoms with Crippen molar-refractivity contribution in [3.8, 4) is 17.2 Å². The molecule has 1 aliphatic heterocycles. The molecule has 1 fully saturated rings. The van der Waals surface area contributed by atoms with E-state index in [-0.39, 0.29) is 62.8 Å². The first-order chi connectivity index (χ1) is 22.2. The molecule has 3 aromatic heterocycles. The van der Waals surface area contributed by atoms with E-state index in [0.29, 0.717) is 6.42 Å². The summed E-state index contributed by atoms with van der Waals surface area (Å²) in [5.74, 6) is -1.96. The fourth-order valence-corrected chi connectivity index (χ4v) is 6.62. The number of piperidine rings is 1. The average Bonchev–Trinajstić information content (AvgIpc) is 3.46. The molecule has 47 heavy (non-hydrogen) atoms. The summed E-state index contributed by atoms with van der Waals surface area (Å²) >= 11 is 1.13. The van der Waals surface area contributed by atoms with Crippen molar-refractivity contribution >= 4 is 50.7 Å². The van der Waals surface area contributed by atoms with Crippen molar-refractivity contribution in [3.63, 3.8) is 0 Å². The molecule has 1 aliphatic rings. The number of pyridine rings is 2. The summed E-state index contributed by atoms with van der Waals surface area (Å²) in [5.41, 5.74) is -3.24. The summed E-state index contributed by atoms with van der Waals surface area (Å²) in [6.45, 7) is 5.38.